The van der Waals surface area contributed by atoms with Crippen LogP contribution in [0.5, 0.6) is 0 Å². The van der Waals surface area contributed by atoms with Crippen molar-refractivity contribution in [1.29, 1.82) is 0 Å². The molecule has 102 valence electrons. The lowest BCUT2D eigenvalue weighted by atomic mass is 10.1. The van der Waals surface area contributed by atoms with Gasteiger partial charge < -0.3 is 5.32 Å². The molecule has 2 rings (SSSR count). The van der Waals surface area contributed by atoms with E-state index in [4.69, 9.17) is 23.2 Å². The molecule has 0 radical (unpaired) electrons. The normalized spacial score (nSPS) is 20.5. The molecule has 1 N–H and O–H groups in total. The van der Waals surface area contributed by atoms with Gasteiger partial charge in [0.25, 0.3) is 0 Å². The van der Waals surface area contributed by atoms with Gasteiger partial charge in [-0.05, 0) is 38.6 Å². The van der Waals surface area contributed by atoms with Crippen LogP contribution in [0.1, 0.15) is 18.4 Å². The number of piperidine rings is 1. The molecule has 1 saturated heterocycles. The fourth-order valence-corrected chi connectivity index (χ4v) is 2.86. The molecule has 1 atom stereocenters. The third-order valence-corrected chi connectivity index (χ3v) is 4.07. The zero-order chi connectivity index (χ0) is 12.3. The first-order valence-corrected chi connectivity index (χ1v) is 6.79. The van der Waals surface area contributed by atoms with Crippen molar-refractivity contribution in [1.82, 2.24) is 10.2 Å². The first-order valence-electron chi connectivity index (χ1n) is 6.03. The lowest BCUT2D eigenvalue weighted by Gasteiger charge is -2.32. The molecule has 1 aromatic rings. The molecule has 0 bridgehead atoms. The maximum atomic E-state index is 6.19. The molecule has 1 aliphatic rings. The number of likely N-dealkylation sites (N-methyl/N-ethyl adjacent to an activating group) is 1. The van der Waals surface area contributed by atoms with Crippen LogP contribution in [-0.2, 0) is 6.54 Å². The molecule has 1 heterocycles. The first kappa shape index (κ1) is 16.1. The number of nitrogens with one attached hydrogen (secondary N) is 1. The van der Waals surface area contributed by atoms with Crippen LogP contribution in [0, 0.1) is 0 Å². The van der Waals surface area contributed by atoms with Crippen molar-refractivity contribution < 1.29 is 0 Å². The monoisotopic (exact) mass is 308 g/mol. The Morgan fingerprint density at radius 2 is 2.00 bits per heavy atom. The van der Waals surface area contributed by atoms with E-state index < -0.39 is 0 Å². The predicted molar refractivity (Wildman–Crippen MR) is 81.1 cm³/mol. The van der Waals surface area contributed by atoms with Crippen LogP contribution in [0.2, 0.25) is 10.0 Å². The molecule has 1 aromatic carbocycles. The summed E-state index contributed by atoms with van der Waals surface area (Å²) in [5.41, 5.74) is 1.05. The topological polar surface area (TPSA) is 15.3 Å². The molecular weight excluding hydrogens is 291 g/mol. The highest BCUT2D eigenvalue weighted by atomic mass is 35.5. The molecule has 18 heavy (non-hydrogen) atoms. The van der Waals surface area contributed by atoms with E-state index in [-0.39, 0.29) is 12.4 Å². The van der Waals surface area contributed by atoms with Crippen LogP contribution in [0.25, 0.3) is 0 Å². The van der Waals surface area contributed by atoms with Crippen molar-refractivity contribution in [3.63, 3.8) is 0 Å². The van der Waals surface area contributed by atoms with Crippen LogP contribution in [0.4, 0.5) is 0 Å². The number of rotatable bonds is 3. The van der Waals surface area contributed by atoms with Crippen LogP contribution in [0.3, 0.4) is 0 Å². The second kappa shape index (κ2) is 7.56. The van der Waals surface area contributed by atoms with Gasteiger partial charge in [0.05, 0.1) is 0 Å². The highest BCUT2D eigenvalue weighted by Gasteiger charge is 2.19. The minimum atomic E-state index is 0. The van der Waals surface area contributed by atoms with Gasteiger partial charge in [-0.15, -0.1) is 12.4 Å². The summed E-state index contributed by atoms with van der Waals surface area (Å²) in [7, 11) is 2.02. The Kier molecular flexibility index (Phi) is 6.75. The van der Waals surface area contributed by atoms with Gasteiger partial charge in [0, 0.05) is 34.7 Å². The number of benzene rings is 1. The smallest absolute Gasteiger partial charge is 0.0465 e. The van der Waals surface area contributed by atoms with Gasteiger partial charge in [-0.1, -0.05) is 29.3 Å². The van der Waals surface area contributed by atoms with Crippen molar-refractivity contribution in [2.24, 2.45) is 0 Å². The molecule has 2 nitrogen and oxygen atoms in total. The van der Waals surface area contributed by atoms with Crippen molar-refractivity contribution in [3.05, 3.63) is 33.8 Å². The predicted octanol–water partition coefficient (Wildman–Crippen LogP) is 3.60. The molecule has 0 spiro atoms. The summed E-state index contributed by atoms with van der Waals surface area (Å²) >= 11 is 12.4. The number of nitrogens with zero attached hydrogens (tertiary/aromatic N) is 1. The minimum Gasteiger partial charge on any atom is -0.316 e. The highest BCUT2D eigenvalue weighted by Crippen LogP contribution is 2.26. The van der Waals surface area contributed by atoms with Gasteiger partial charge >= 0.3 is 0 Å². The number of likely N-dealkylation sites (tertiary alicyclic amines) is 1. The van der Waals surface area contributed by atoms with Crippen molar-refractivity contribution in [3.8, 4) is 0 Å². The van der Waals surface area contributed by atoms with E-state index in [1.54, 1.807) is 0 Å². The summed E-state index contributed by atoms with van der Waals surface area (Å²) in [6, 6.07) is 6.29. The van der Waals surface area contributed by atoms with E-state index in [9.17, 15) is 0 Å². The van der Waals surface area contributed by atoms with Crippen LogP contribution < -0.4 is 5.32 Å². The largest absolute Gasteiger partial charge is 0.316 e. The van der Waals surface area contributed by atoms with Gasteiger partial charge in [-0.3, -0.25) is 4.90 Å². The second-order valence-corrected chi connectivity index (χ2v) is 5.38. The van der Waals surface area contributed by atoms with Gasteiger partial charge in [-0.25, -0.2) is 0 Å². The summed E-state index contributed by atoms with van der Waals surface area (Å²) in [6.45, 7) is 3.04. The molecule has 1 fully saturated rings. The quantitative estimate of drug-likeness (QED) is 0.918. The van der Waals surface area contributed by atoms with E-state index in [2.05, 4.69) is 10.2 Å². The molecule has 0 aromatic heterocycles. The Labute approximate surface area is 125 Å². The van der Waals surface area contributed by atoms with E-state index in [1.165, 1.54) is 12.8 Å². The van der Waals surface area contributed by atoms with Crippen LogP contribution in [0.15, 0.2) is 18.2 Å². The second-order valence-electron chi connectivity index (χ2n) is 4.56. The fraction of sp³-hybridized carbons (Fsp3) is 0.538. The Morgan fingerprint density at radius 1 is 1.33 bits per heavy atom. The van der Waals surface area contributed by atoms with Gasteiger partial charge in [0.2, 0.25) is 0 Å². The van der Waals surface area contributed by atoms with Crippen molar-refractivity contribution >= 4 is 35.6 Å². The Balaban J connectivity index is 0.00000162. The molecule has 1 aliphatic heterocycles. The van der Waals surface area contributed by atoms with Gasteiger partial charge in [0.1, 0.15) is 0 Å². The molecular formula is C13H19Cl3N2. The van der Waals surface area contributed by atoms with Crippen molar-refractivity contribution in [2.75, 3.05) is 20.1 Å². The van der Waals surface area contributed by atoms with Gasteiger partial charge in [-0.2, -0.15) is 0 Å². The van der Waals surface area contributed by atoms with E-state index >= 15 is 0 Å². The van der Waals surface area contributed by atoms with Crippen LogP contribution >= 0.6 is 35.6 Å². The van der Waals surface area contributed by atoms with Crippen LogP contribution in [-0.4, -0.2) is 31.1 Å². The lowest BCUT2D eigenvalue weighted by Crippen LogP contribution is -2.43. The average molecular weight is 310 g/mol. The van der Waals surface area contributed by atoms with E-state index in [1.807, 2.05) is 25.2 Å². The highest BCUT2D eigenvalue weighted by molar-refractivity contribution is 6.35. The Bertz CT molecular complexity index is 364. The van der Waals surface area contributed by atoms with E-state index in [0.717, 1.165) is 35.2 Å². The number of halogens is 3. The zero-order valence-corrected chi connectivity index (χ0v) is 12.8. The van der Waals surface area contributed by atoms with Crippen molar-refractivity contribution in [2.45, 2.75) is 25.4 Å². The molecule has 0 aliphatic carbocycles. The zero-order valence-electron chi connectivity index (χ0n) is 10.5. The molecule has 5 heteroatoms. The summed E-state index contributed by atoms with van der Waals surface area (Å²) in [6.07, 6.45) is 2.48. The SMILES string of the molecule is CNC1CCCN(Cc2c(Cl)cccc2Cl)C1.Cl. The molecule has 0 saturated carbocycles. The maximum absolute atomic E-state index is 6.19. The molecule has 1 unspecified atom stereocenters. The summed E-state index contributed by atoms with van der Waals surface area (Å²) < 4.78 is 0. The third-order valence-electron chi connectivity index (χ3n) is 3.36. The van der Waals surface area contributed by atoms with Gasteiger partial charge in [0.15, 0.2) is 0 Å². The fourth-order valence-electron chi connectivity index (χ4n) is 2.34. The lowest BCUT2D eigenvalue weighted by molar-refractivity contribution is 0.188. The maximum Gasteiger partial charge on any atom is 0.0465 e. The number of hydrogen-bond acceptors (Lipinski definition) is 2. The molecule has 0 amide bonds. The summed E-state index contributed by atoms with van der Waals surface area (Å²) in [5.74, 6) is 0. The average Bonchev–Trinajstić information content (AvgIpc) is 2.34. The standard InChI is InChI=1S/C13H18Cl2N2.ClH/c1-16-10-4-3-7-17(8-10)9-11-12(14)5-2-6-13(11)15;/h2,5-6,10,16H,3-4,7-9H2,1H3;1H. The van der Waals surface area contributed by atoms with E-state index in [0.29, 0.717) is 6.04 Å². The number of hydrogen-bond donors (Lipinski definition) is 1. The Morgan fingerprint density at radius 3 is 2.61 bits per heavy atom. The Hall–Kier alpha value is 0.01000. The third kappa shape index (κ3) is 4.01. The first-order chi connectivity index (χ1) is 8.20. The summed E-state index contributed by atoms with van der Waals surface area (Å²) in [5, 5.41) is 4.88. The summed E-state index contributed by atoms with van der Waals surface area (Å²) in [4.78, 5) is 2.41. The minimum absolute atomic E-state index is 0.